The van der Waals surface area contributed by atoms with E-state index in [2.05, 4.69) is 34.3 Å². The first kappa shape index (κ1) is 23.5. The normalized spacial score (nSPS) is 12.4. The highest BCUT2D eigenvalue weighted by Gasteiger charge is 2.23. The molecular formula is C26H28N4O3S. The second-order valence-corrected chi connectivity index (χ2v) is 10.0. The van der Waals surface area contributed by atoms with Gasteiger partial charge in [0.05, 0.1) is 23.7 Å². The van der Waals surface area contributed by atoms with Gasteiger partial charge in [0.1, 0.15) is 11.4 Å². The van der Waals surface area contributed by atoms with Crippen LogP contribution in [0.1, 0.15) is 43.5 Å². The summed E-state index contributed by atoms with van der Waals surface area (Å²) in [5.41, 5.74) is 8.91. The van der Waals surface area contributed by atoms with Crippen LogP contribution in [0.15, 0.2) is 54.7 Å². The molecule has 0 aliphatic heterocycles. The Hall–Kier alpha value is -3.65. The molecule has 0 saturated carbocycles. The van der Waals surface area contributed by atoms with Gasteiger partial charge in [-0.15, -0.1) is 11.3 Å². The number of carbonyl (C=O) groups excluding carboxylic acids is 1. The van der Waals surface area contributed by atoms with Gasteiger partial charge >= 0.3 is 6.09 Å². The van der Waals surface area contributed by atoms with E-state index < -0.39 is 17.7 Å². The molecule has 1 amide bonds. The highest BCUT2D eigenvalue weighted by molar-refractivity contribution is 7.22. The van der Waals surface area contributed by atoms with Crippen molar-refractivity contribution in [1.29, 1.82) is 0 Å². The van der Waals surface area contributed by atoms with Crippen molar-refractivity contribution in [2.24, 2.45) is 0 Å². The summed E-state index contributed by atoms with van der Waals surface area (Å²) in [7, 11) is 1.62. The van der Waals surface area contributed by atoms with Gasteiger partial charge in [-0.1, -0.05) is 18.2 Å². The summed E-state index contributed by atoms with van der Waals surface area (Å²) >= 11 is 1.65. The molecule has 4 aromatic rings. The number of anilines is 1. The molecule has 3 N–H and O–H groups in total. The number of nitrogen functional groups attached to an aromatic ring is 1. The maximum absolute atomic E-state index is 12.7. The van der Waals surface area contributed by atoms with Crippen LogP contribution in [-0.2, 0) is 4.74 Å². The number of benzene rings is 2. The van der Waals surface area contributed by atoms with Crippen LogP contribution in [0.4, 0.5) is 10.7 Å². The minimum atomic E-state index is -0.606. The van der Waals surface area contributed by atoms with E-state index in [1.807, 2.05) is 57.2 Å². The fourth-order valence-corrected chi connectivity index (χ4v) is 4.93. The lowest BCUT2D eigenvalue weighted by Crippen LogP contribution is -2.35. The fraction of sp³-hybridized carbons (Fsp3) is 0.269. The Morgan fingerprint density at radius 2 is 1.88 bits per heavy atom. The Balaban J connectivity index is 1.78. The molecule has 1 unspecified atom stereocenters. The molecule has 2 heterocycles. The summed E-state index contributed by atoms with van der Waals surface area (Å²) < 4.78 is 12.1. The van der Waals surface area contributed by atoms with Crippen molar-refractivity contribution in [2.45, 2.75) is 39.3 Å². The van der Waals surface area contributed by atoms with Gasteiger partial charge in [0.2, 0.25) is 5.95 Å². The third-order valence-electron chi connectivity index (χ3n) is 5.29. The molecule has 0 radical (unpaired) electrons. The van der Waals surface area contributed by atoms with Crippen molar-refractivity contribution >= 4 is 33.5 Å². The van der Waals surface area contributed by atoms with Crippen molar-refractivity contribution in [3.8, 4) is 16.3 Å². The summed E-state index contributed by atoms with van der Waals surface area (Å²) in [6, 6.07) is 15.3. The molecule has 0 bridgehead atoms. The summed E-state index contributed by atoms with van der Waals surface area (Å²) in [5, 5.41) is 4.13. The van der Waals surface area contributed by atoms with Crippen molar-refractivity contribution in [2.75, 3.05) is 12.8 Å². The van der Waals surface area contributed by atoms with Crippen LogP contribution < -0.4 is 15.8 Å². The number of carbonyl (C=O) groups is 1. The SMILES string of the molecule is COc1cccc(C(NC(=O)OC(C)(C)C)c2ccc3sc(-c4ccnc(N)n4)c(C)c3c2)c1. The van der Waals surface area contributed by atoms with Crippen molar-refractivity contribution in [3.05, 3.63) is 71.4 Å². The van der Waals surface area contributed by atoms with E-state index in [1.54, 1.807) is 24.6 Å². The van der Waals surface area contributed by atoms with Gasteiger partial charge in [-0.25, -0.2) is 14.8 Å². The number of hydrogen-bond donors (Lipinski definition) is 2. The number of alkyl carbamates (subject to hydrolysis) is 1. The smallest absolute Gasteiger partial charge is 0.408 e. The minimum absolute atomic E-state index is 0.245. The zero-order valence-electron chi connectivity index (χ0n) is 19.9. The number of rotatable bonds is 5. The monoisotopic (exact) mass is 476 g/mol. The van der Waals surface area contributed by atoms with Crippen molar-refractivity contribution in [3.63, 3.8) is 0 Å². The maximum atomic E-state index is 12.7. The minimum Gasteiger partial charge on any atom is -0.497 e. The predicted octanol–water partition coefficient (Wildman–Crippen LogP) is 5.87. The van der Waals surface area contributed by atoms with Gasteiger partial charge in [0.25, 0.3) is 0 Å². The van der Waals surface area contributed by atoms with E-state index in [9.17, 15) is 4.79 Å². The molecule has 2 aromatic heterocycles. The zero-order chi connectivity index (χ0) is 24.5. The number of aryl methyl sites for hydroxylation is 1. The molecule has 176 valence electrons. The average molecular weight is 477 g/mol. The highest BCUT2D eigenvalue weighted by Crippen LogP contribution is 2.39. The fourth-order valence-electron chi connectivity index (χ4n) is 3.77. The molecule has 8 heteroatoms. The van der Waals surface area contributed by atoms with Crippen LogP contribution in [0.25, 0.3) is 20.7 Å². The average Bonchev–Trinajstić information content (AvgIpc) is 3.12. The number of nitrogens with one attached hydrogen (secondary N) is 1. The lowest BCUT2D eigenvalue weighted by atomic mass is 9.96. The molecule has 4 rings (SSSR count). The summed E-state index contributed by atoms with van der Waals surface area (Å²) in [6.07, 6.45) is 1.18. The number of nitrogens with zero attached hydrogens (tertiary/aromatic N) is 2. The van der Waals surface area contributed by atoms with E-state index in [0.29, 0.717) is 5.75 Å². The van der Waals surface area contributed by atoms with Crippen LogP contribution in [0.3, 0.4) is 0 Å². The number of thiophene rings is 1. The lowest BCUT2D eigenvalue weighted by Gasteiger charge is -2.24. The van der Waals surface area contributed by atoms with Crippen molar-refractivity contribution < 1.29 is 14.3 Å². The molecule has 0 aliphatic carbocycles. The second kappa shape index (κ2) is 9.30. The van der Waals surface area contributed by atoms with Crippen LogP contribution in [0.2, 0.25) is 0 Å². The molecule has 7 nitrogen and oxygen atoms in total. The summed E-state index contributed by atoms with van der Waals surface area (Å²) in [4.78, 5) is 22.2. The van der Waals surface area contributed by atoms with Crippen LogP contribution >= 0.6 is 11.3 Å². The van der Waals surface area contributed by atoms with E-state index in [1.165, 1.54) is 0 Å². The van der Waals surface area contributed by atoms with E-state index in [-0.39, 0.29) is 5.95 Å². The Morgan fingerprint density at radius 1 is 1.12 bits per heavy atom. The quantitative estimate of drug-likeness (QED) is 0.374. The van der Waals surface area contributed by atoms with Crippen LogP contribution in [-0.4, -0.2) is 28.8 Å². The maximum Gasteiger partial charge on any atom is 0.408 e. The van der Waals surface area contributed by atoms with Gasteiger partial charge < -0.3 is 20.5 Å². The van der Waals surface area contributed by atoms with E-state index in [4.69, 9.17) is 15.2 Å². The largest absolute Gasteiger partial charge is 0.497 e. The number of aromatic nitrogens is 2. The molecule has 0 fully saturated rings. The third-order valence-corrected chi connectivity index (χ3v) is 6.58. The van der Waals surface area contributed by atoms with Gasteiger partial charge in [-0.3, -0.25) is 0 Å². The van der Waals surface area contributed by atoms with Gasteiger partial charge in [0.15, 0.2) is 0 Å². The molecule has 2 aromatic carbocycles. The Labute approximate surface area is 203 Å². The first-order valence-corrected chi connectivity index (χ1v) is 11.7. The Bertz CT molecular complexity index is 1340. The first-order chi connectivity index (χ1) is 16.1. The number of methoxy groups -OCH3 is 1. The number of fused-ring (bicyclic) bond motifs is 1. The van der Waals surface area contributed by atoms with E-state index >= 15 is 0 Å². The lowest BCUT2D eigenvalue weighted by molar-refractivity contribution is 0.0512. The van der Waals surface area contributed by atoms with Crippen LogP contribution in [0, 0.1) is 6.92 Å². The molecule has 0 saturated heterocycles. The summed E-state index contributed by atoms with van der Waals surface area (Å²) in [6.45, 7) is 7.60. The van der Waals surface area contributed by atoms with Gasteiger partial charge in [-0.2, -0.15) is 0 Å². The Kier molecular flexibility index (Phi) is 6.43. The molecule has 0 aliphatic rings. The zero-order valence-corrected chi connectivity index (χ0v) is 20.7. The molecular weight excluding hydrogens is 448 g/mol. The topological polar surface area (TPSA) is 99.4 Å². The number of hydrogen-bond acceptors (Lipinski definition) is 7. The standard InChI is InChI=1S/C26H28N4O3S/c1-15-19-14-17(9-10-21(19)34-23(15)20-11-12-28-24(27)29-20)22(30-25(31)33-26(2,3)4)16-7-6-8-18(13-16)32-5/h6-14,22H,1-5H3,(H,30,31)(H2,27,28,29). The summed E-state index contributed by atoms with van der Waals surface area (Å²) in [5.74, 6) is 0.958. The molecule has 34 heavy (non-hydrogen) atoms. The molecule has 1 atom stereocenters. The number of ether oxygens (including phenoxy) is 2. The van der Waals surface area contributed by atoms with Crippen molar-refractivity contribution in [1.82, 2.24) is 15.3 Å². The van der Waals surface area contributed by atoms with Gasteiger partial charge in [-0.05, 0) is 80.1 Å². The third kappa shape index (κ3) is 5.12. The van der Waals surface area contributed by atoms with Gasteiger partial charge in [0, 0.05) is 10.9 Å². The Morgan fingerprint density at radius 3 is 2.59 bits per heavy atom. The first-order valence-electron chi connectivity index (χ1n) is 10.9. The molecule has 0 spiro atoms. The number of amides is 1. The predicted molar refractivity (Wildman–Crippen MR) is 136 cm³/mol. The highest BCUT2D eigenvalue weighted by atomic mass is 32.1. The second-order valence-electron chi connectivity index (χ2n) is 8.97. The van der Waals surface area contributed by atoms with E-state index in [0.717, 1.165) is 37.3 Å². The number of nitrogens with two attached hydrogens (primary N) is 1. The van der Waals surface area contributed by atoms with Crippen LogP contribution in [0.5, 0.6) is 5.75 Å².